The van der Waals surface area contributed by atoms with Gasteiger partial charge in [0.1, 0.15) is 23.0 Å². The molecule has 2 atom stereocenters. The third kappa shape index (κ3) is 4.36. The summed E-state index contributed by atoms with van der Waals surface area (Å²) in [4.78, 5) is 37.8. The topological polar surface area (TPSA) is 88.8 Å². The zero-order chi connectivity index (χ0) is 20.3. The van der Waals surface area contributed by atoms with Gasteiger partial charge in [0.05, 0.1) is 12.0 Å². The molecule has 0 radical (unpaired) electrons. The van der Waals surface area contributed by atoms with Crippen molar-refractivity contribution in [3.05, 3.63) is 53.7 Å². The highest BCUT2D eigenvalue weighted by atomic mass is 32.2. The molecular weight excluding hydrogens is 387 g/mol. The van der Waals surface area contributed by atoms with Crippen molar-refractivity contribution in [2.24, 2.45) is 0 Å². The first kappa shape index (κ1) is 19.9. The minimum Gasteiger partial charge on any atom is -0.466 e. The number of carbonyl (C=O) groups excluding carboxylic acids is 3. The second-order valence-corrected chi connectivity index (χ2v) is 7.40. The van der Waals surface area contributed by atoms with Gasteiger partial charge in [0.15, 0.2) is 6.61 Å². The van der Waals surface area contributed by atoms with Crippen LogP contribution in [0.4, 0.5) is 10.1 Å². The summed E-state index contributed by atoms with van der Waals surface area (Å²) in [6.07, 6.45) is 1.49. The van der Waals surface area contributed by atoms with E-state index < -0.39 is 35.7 Å². The van der Waals surface area contributed by atoms with Gasteiger partial charge in [-0.2, -0.15) is 0 Å². The number of nitrogens with one attached hydrogen (secondary N) is 1. The van der Waals surface area contributed by atoms with Crippen LogP contribution in [0.25, 0.3) is 0 Å². The maximum absolute atomic E-state index is 13.8. The molecule has 1 aromatic heterocycles. The Balaban J connectivity index is 1.59. The van der Waals surface area contributed by atoms with Crippen LogP contribution in [-0.2, 0) is 19.1 Å². The lowest BCUT2D eigenvalue weighted by molar-refractivity contribution is -0.155. The van der Waals surface area contributed by atoms with E-state index in [1.807, 2.05) is 0 Å². The molecule has 0 aliphatic carbocycles. The number of esters is 1. The Morgan fingerprint density at radius 1 is 1.36 bits per heavy atom. The van der Waals surface area contributed by atoms with E-state index in [1.165, 1.54) is 42.0 Å². The number of hydrogen-bond acceptors (Lipinski definition) is 6. The predicted octanol–water partition coefficient (Wildman–Crippen LogP) is 2.87. The molecule has 1 fully saturated rings. The summed E-state index contributed by atoms with van der Waals surface area (Å²) in [6, 6.07) is 6.97. The van der Waals surface area contributed by atoms with Crippen LogP contribution in [0, 0.1) is 12.7 Å². The number of rotatable bonds is 5. The number of aryl methyl sites for hydroxylation is 1. The van der Waals surface area contributed by atoms with Crippen LogP contribution in [-0.4, -0.2) is 41.1 Å². The molecule has 7 nitrogen and oxygen atoms in total. The Morgan fingerprint density at radius 2 is 2.14 bits per heavy atom. The quantitative estimate of drug-likeness (QED) is 0.768. The Labute approximate surface area is 165 Å². The molecule has 0 bridgehead atoms. The molecule has 2 aromatic rings. The van der Waals surface area contributed by atoms with E-state index in [0.717, 1.165) is 5.56 Å². The van der Waals surface area contributed by atoms with Crippen molar-refractivity contribution in [1.29, 1.82) is 0 Å². The molecule has 0 unspecified atom stereocenters. The van der Waals surface area contributed by atoms with E-state index in [-0.39, 0.29) is 11.6 Å². The maximum Gasteiger partial charge on any atom is 0.330 e. The molecule has 1 aliphatic rings. The van der Waals surface area contributed by atoms with Crippen LogP contribution in [0.1, 0.15) is 23.6 Å². The van der Waals surface area contributed by atoms with Gasteiger partial charge in [-0.25, -0.2) is 9.18 Å². The van der Waals surface area contributed by atoms with Crippen LogP contribution in [0.3, 0.4) is 0 Å². The summed E-state index contributed by atoms with van der Waals surface area (Å²) in [5.74, 6) is -1.37. The van der Waals surface area contributed by atoms with Gasteiger partial charge < -0.3 is 19.4 Å². The van der Waals surface area contributed by atoms with Gasteiger partial charge in [-0.3, -0.25) is 9.59 Å². The summed E-state index contributed by atoms with van der Waals surface area (Å²) in [5, 5.41) is 1.93. The standard InChI is InChI=1S/C19H19FN2O5S/c1-11-5-6-14(13(20)8-11)21-17(24)9-27-19(25)15-10-28-18(22(15)12(2)23)16-4-3-7-26-16/h3-8,15,18H,9-10H2,1-2H3,(H,21,24)/t15-,18-/m1/s1. The molecule has 28 heavy (non-hydrogen) atoms. The van der Waals surface area contributed by atoms with Gasteiger partial charge in [0.2, 0.25) is 5.91 Å². The third-order valence-corrected chi connectivity index (χ3v) is 5.45. The lowest BCUT2D eigenvalue weighted by Crippen LogP contribution is -2.43. The Hall–Kier alpha value is -2.81. The van der Waals surface area contributed by atoms with Crippen molar-refractivity contribution >= 4 is 35.2 Å². The number of furan rings is 1. The smallest absolute Gasteiger partial charge is 0.330 e. The molecule has 1 N–H and O–H groups in total. The zero-order valence-corrected chi connectivity index (χ0v) is 16.1. The molecule has 2 amide bonds. The van der Waals surface area contributed by atoms with E-state index >= 15 is 0 Å². The average Bonchev–Trinajstić information content (AvgIpc) is 3.31. The number of amides is 2. The number of benzene rings is 1. The summed E-state index contributed by atoms with van der Waals surface area (Å²) in [5.41, 5.74) is 0.724. The Morgan fingerprint density at radius 3 is 2.79 bits per heavy atom. The molecule has 1 aliphatic heterocycles. The van der Waals surface area contributed by atoms with Gasteiger partial charge >= 0.3 is 5.97 Å². The summed E-state index contributed by atoms with van der Waals surface area (Å²) in [6.45, 7) is 2.51. The first-order valence-corrected chi connectivity index (χ1v) is 9.58. The number of nitrogens with zero attached hydrogens (tertiary/aromatic N) is 1. The first-order valence-electron chi connectivity index (χ1n) is 8.53. The largest absolute Gasteiger partial charge is 0.466 e. The van der Waals surface area contributed by atoms with Crippen LogP contribution in [0.5, 0.6) is 0 Å². The molecular formula is C19H19FN2O5S. The number of halogens is 1. The van der Waals surface area contributed by atoms with E-state index in [9.17, 15) is 18.8 Å². The highest BCUT2D eigenvalue weighted by Crippen LogP contribution is 2.41. The second kappa shape index (κ2) is 8.47. The molecule has 148 valence electrons. The SMILES string of the molecule is CC(=O)N1[C@@H](C(=O)OCC(=O)Nc2ccc(C)cc2F)CS[C@@H]1c1ccco1. The predicted molar refractivity (Wildman–Crippen MR) is 101 cm³/mol. The summed E-state index contributed by atoms with van der Waals surface area (Å²) in [7, 11) is 0. The van der Waals surface area contributed by atoms with Crippen LogP contribution in [0.2, 0.25) is 0 Å². The number of hydrogen-bond donors (Lipinski definition) is 1. The molecule has 0 saturated carbocycles. The summed E-state index contributed by atoms with van der Waals surface area (Å²) >= 11 is 1.37. The Kier molecular flexibility index (Phi) is 6.03. The van der Waals surface area contributed by atoms with Crippen molar-refractivity contribution in [3.8, 4) is 0 Å². The third-order valence-electron chi connectivity index (χ3n) is 4.17. The van der Waals surface area contributed by atoms with Crippen molar-refractivity contribution in [3.63, 3.8) is 0 Å². The highest BCUT2D eigenvalue weighted by Gasteiger charge is 2.43. The zero-order valence-electron chi connectivity index (χ0n) is 15.3. The molecule has 3 rings (SSSR count). The minimum absolute atomic E-state index is 0.00585. The molecule has 0 spiro atoms. The van der Waals surface area contributed by atoms with Crippen LogP contribution in [0.15, 0.2) is 41.0 Å². The number of thioether (sulfide) groups is 1. The van der Waals surface area contributed by atoms with E-state index in [4.69, 9.17) is 9.15 Å². The van der Waals surface area contributed by atoms with Crippen molar-refractivity contribution in [1.82, 2.24) is 4.90 Å². The van der Waals surface area contributed by atoms with Crippen molar-refractivity contribution in [2.75, 3.05) is 17.7 Å². The maximum atomic E-state index is 13.8. The van der Waals surface area contributed by atoms with Crippen LogP contribution < -0.4 is 5.32 Å². The molecule has 1 aromatic carbocycles. The van der Waals surface area contributed by atoms with Gasteiger partial charge in [0.25, 0.3) is 5.91 Å². The lowest BCUT2D eigenvalue weighted by atomic mass is 10.2. The number of anilines is 1. The minimum atomic E-state index is -0.832. The monoisotopic (exact) mass is 406 g/mol. The fourth-order valence-electron chi connectivity index (χ4n) is 2.86. The van der Waals surface area contributed by atoms with E-state index in [0.29, 0.717) is 11.5 Å². The van der Waals surface area contributed by atoms with E-state index in [1.54, 1.807) is 25.1 Å². The van der Waals surface area contributed by atoms with Crippen molar-refractivity contribution in [2.45, 2.75) is 25.3 Å². The fraction of sp³-hybridized carbons (Fsp3) is 0.316. The Bertz CT molecular complexity index is 886. The number of carbonyl (C=O) groups is 3. The van der Waals surface area contributed by atoms with E-state index in [2.05, 4.69) is 5.32 Å². The van der Waals surface area contributed by atoms with Gasteiger partial charge in [-0.05, 0) is 36.8 Å². The molecule has 9 heteroatoms. The van der Waals surface area contributed by atoms with Gasteiger partial charge in [-0.1, -0.05) is 6.07 Å². The number of ether oxygens (including phenoxy) is 1. The summed E-state index contributed by atoms with van der Waals surface area (Å²) < 4.78 is 24.2. The second-order valence-electron chi connectivity index (χ2n) is 6.28. The fourth-order valence-corrected chi connectivity index (χ4v) is 4.28. The lowest BCUT2D eigenvalue weighted by Gasteiger charge is -2.25. The molecule has 2 heterocycles. The van der Waals surface area contributed by atoms with Gasteiger partial charge in [-0.15, -0.1) is 11.8 Å². The highest BCUT2D eigenvalue weighted by molar-refractivity contribution is 7.99. The van der Waals surface area contributed by atoms with Gasteiger partial charge in [0, 0.05) is 12.7 Å². The normalized spacial score (nSPS) is 18.8. The average molecular weight is 406 g/mol. The first-order chi connectivity index (χ1) is 13.4. The van der Waals surface area contributed by atoms with Crippen LogP contribution >= 0.6 is 11.8 Å². The molecule has 1 saturated heterocycles. The van der Waals surface area contributed by atoms with Crippen molar-refractivity contribution < 1.29 is 27.9 Å².